The minimum atomic E-state index is 0.788. The molecule has 0 saturated carbocycles. The van der Waals surface area contributed by atoms with Gasteiger partial charge in [-0.15, -0.1) is 0 Å². The molecule has 0 spiro atoms. The topological polar surface area (TPSA) is 0 Å². The highest BCUT2D eigenvalue weighted by molar-refractivity contribution is 6.33. The van der Waals surface area contributed by atoms with Crippen LogP contribution >= 0.6 is 23.2 Å². The first-order valence-electron chi connectivity index (χ1n) is 8.18. The molecule has 0 bridgehead atoms. The summed E-state index contributed by atoms with van der Waals surface area (Å²) in [6, 6.07) is 5.75. The van der Waals surface area contributed by atoms with Gasteiger partial charge in [0, 0.05) is 10.0 Å². The third kappa shape index (κ3) is 8.17. The van der Waals surface area contributed by atoms with Gasteiger partial charge in [-0.3, -0.25) is 0 Å². The van der Waals surface area contributed by atoms with E-state index >= 15 is 0 Å². The molecule has 0 atom stereocenters. The van der Waals surface area contributed by atoms with Gasteiger partial charge in [0.15, 0.2) is 0 Å². The number of benzene rings is 1. The van der Waals surface area contributed by atoms with Crippen molar-refractivity contribution in [2.24, 2.45) is 0 Å². The Morgan fingerprint density at radius 3 is 1.90 bits per heavy atom. The Balaban J connectivity index is 1.98. The molecule has 0 unspecified atom stereocenters. The van der Waals surface area contributed by atoms with Crippen molar-refractivity contribution < 1.29 is 0 Å². The number of unbranched alkanes of at least 4 members (excludes halogenated alkanes) is 9. The van der Waals surface area contributed by atoms with Crippen molar-refractivity contribution in [2.75, 3.05) is 0 Å². The molecule has 0 saturated heterocycles. The van der Waals surface area contributed by atoms with E-state index in [-0.39, 0.29) is 0 Å². The maximum atomic E-state index is 6.16. The highest BCUT2D eigenvalue weighted by Gasteiger charge is 2.01. The lowest BCUT2D eigenvalue weighted by molar-refractivity contribution is 0.556. The molecule has 0 aliphatic rings. The van der Waals surface area contributed by atoms with E-state index in [1.54, 1.807) is 0 Å². The van der Waals surface area contributed by atoms with Gasteiger partial charge in [0.25, 0.3) is 0 Å². The summed E-state index contributed by atoms with van der Waals surface area (Å²) < 4.78 is 0. The molecular weight excluding hydrogens is 287 g/mol. The third-order valence-corrected chi connectivity index (χ3v) is 4.41. The fraction of sp³-hybridized carbons (Fsp3) is 0.667. The highest BCUT2D eigenvalue weighted by atomic mass is 35.5. The quantitative estimate of drug-likeness (QED) is 0.372. The summed E-state index contributed by atoms with van der Waals surface area (Å²) in [4.78, 5) is 0. The van der Waals surface area contributed by atoms with Crippen molar-refractivity contribution in [3.63, 3.8) is 0 Å². The van der Waals surface area contributed by atoms with Gasteiger partial charge < -0.3 is 0 Å². The summed E-state index contributed by atoms with van der Waals surface area (Å²) >= 11 is 12.2. The van der Waals surface area contributed by atoms with Crippen molar-refractivity contribution in [1.82, 2.24) is 0 Å². The fourth-order valence-corrected chi connectivity index (χ4v) is 2.94. The highest BCUT2D eigenvalue weighted by Crippen LogP contribution is 2.22. The number of halogens is 2. The molecule has 114 valence electrons. The lowest BCUT2D eigenvalue weighted by Crippen LogP contribution is -1.88. The molecule has 1 rings (SSSR count). The van der Waals surface area contributed by atoms with E-state index in [1.165, 1.54) is 69.8 Å². The van der Waals surface area contributed by atoms with Gasteiger partial charge in [0.1, 0.15) is 0 Å². The molecule has 20 heavy (non-hydrogen) atoms. The molecule has 0 amide bonds. The summed E-state index contributed by atoms with van der Waals surface area (Å²) in [5.41, 5.74) is 1.19. The van der Waals surface area contributed by atoms with Crippen LogP contribution in [0.5, 0.6) is 0 Å². The van der Waals surface area contributed by atoms with E-state index in [2.05, 4.69) is 6.92 Å². The van der Waals surface area contributed by atoms with Crippen LogP contribution in [-0.4, -0.2) is 0 Å². The molecule has 0 aromatic heterocycles. The maximum absolute atomic E-state index is 6.16. The standard InChI is InChI=1S/C18H28Cl2/c1-2-3-4-5-6-7-8-9-10-11-12-16-15-17(19)13-14-18(16)20/h13-15H,2-12H2,1H3. The molecule has 0 nitrogen and oxygen atoms in total. The van der Waals surface area contributed by atoms with Gasteiger partial charge in [-0.05, 0) is 36.6 Å². The van der Waals surface area contributed by atoms with E-state index in [0.717, 1.165) is 16.5 Å². The van der Waals surface area contributed by atoms with Gasteiger partial charge in [-0.25, -0.2) is 0 Å². The Morgan fingerprint density at radius 1 is 0.750 bits per heavy atom. The molecular formula is C18H28Cl2. The first-order chi connectivity index (χ1) is 9.74. The number of aryl methyl sites for hydroxylation is 1. The molecule has 0 heterocycles. The first kappa shape index (κ1) is 17.9. The third-order valence-electron chi connectivity index (χ3n) is 3.81. The summed E-state index contributed by atoms with van der Waals surface area (Å²) in [6.07, 6.45) is 14.7. The van der Waals surface area contributed by atoms with E-state index in [4.69, 9.17) is 23.2 Å². The van der Waals surface area contributed by atoms with Gasteiger partial charge in [0.2, 0.25) is 0 Å². The first-order valence-corrected chi connectivity index (χ1v) is 8.93. The molecule has 2 heteroatoms. The van der Waals surface area contributed by atoms with Crippen LogP contribution < -0.4 is 0 Å². The Bertz CT molecular complexity index is 360. The van der Waals surface area contributed by atoms with Crippen LogP contribution in [0, 0.1) is 0 Å². The Hall–Kier alpha value is -0.200. The van der Waals surface area contributed by atoms with Crippen molar-refractivity contribution >= 4 is 23.2 Å². The summed E-state index contributed by atoms with van der Waals surface area (Å²) in [6.45, 7) is 2.27. The smallest absolute Gasteiger partial charge is 0.0439 e. The van der Waals surface area contributed by atoms with E-state index in [1.807, 2.05) is 18.2 Å². The normalized spacial score (nSPS) is 10.9. The largest absolute Gasteiger partial charge is 0.0843 e. The van der Waals surface area contributed by atoms with Crippen LogP contribution in [0.1, 0.15) is 76.7 Å². The van der Waals surface area contributed by atoms with Gasteiger partial charge in [-0.2, -0.15) is 0 Å². The Morgan fingerprint density at radius 2 is 1.30 bits per heavy atom. The van der Waals surface area contributed by atoms with Gasteiger partial charge in [0.05, 0.1) is 0 Å². The van der Waals surface area contributed by atoms with Crippen molar-refractivity contribution in [2.45, 2.75) is 77.6 Å². The summed E-state index contributed by atoms with van der Waals surface area (Å²) in [7, 11) is 0. The number of hydrogen-bond acceptors (Lipinski definition) is 0. The summed E-state index contributed by atoms with van der Waals surface area (Å²) in [5.74, 6) is 0. The lowest BCUT2D eigenvalue weighted by Gasteiger charge is -2.05. The molecule has 0 N–H and O–H groups in total. The molecule has 0 fully saturated rings. The second kappa shape index (κ2) is 11.5. The number of rotatable bonds is 11. The van der Waals surface area contributed by atoms with E-state index < -0.39 is 0 Å². The second-order valence-electron chi connectivity index (χ2n) is 5.67. The zero-order valence-corrected chi connectivity index (χ0v) is 14.3. The lowest BCUT2D eigenvalue weighted by atomic mass is 10.0. The predicted octanol–water partition coefficient (Wildman–Crippen LogP) is 7.46. The molecule has 1 aromatic rings. The molecule has 0 aliphatic heterocycles. The molecule has 0 aliphatic carbocycles. The zero-order valence-electron chi connectivity index (χ0n) is 12.8. The van der Waals surface area contributed by atoms with Crippen molar-refractivity contribution in [1.29, 1.82) is 0 Å². The van der Waals surface area contributed by atoms with Crippen LogP contribution in [0.4, 0.5) is 0 Å². The van der Waals surface area contributed by atoms with Crippen molar-refractivity contribution in [3.05, 3.63) is 33.8 Å². The average Bonchev–Trinajstić information content (AvgIpc) is 2.44. The SMILES string of the molecule is CCCCCCCCCCCCc1cc(Cl)ccc1Cl. The minimum Gasteiger partial charge on any atom is -0.0843 e. The van der Waals surface area contributed by atoms with Gasteiger partial charge in [-0.1, -0.05) is 87.9 Å². The van der Waals surface area contributed by atoms with Crippen molar-refractivity contribution in [3.8, 4) is 0 Å². The number of hydrogen-bond donors (Lipinski definition) is 0. The van der Waals surface area contributed by atoms with Crippen LogP contribution in [0.15, 0.2) is 18.2 Å². The van der Waals surface area contributed by atoms with Crippen LogP contribution in [0.3, 0.4) is 0 Å². The monoisotopic (exact) mass is 314 g/mol. The van der Waals surface area contributed by atoms with Gasteiger partial charge >= 0.3 is 0 Å². The summed E-state index contributed by atoms with van der Waals surface area (Å²) in [5, 5.41) is 1.64. The van der Waals surface area contributed by atoms with Crippen LogP contribution in [0.2, 0.25) is 10.0 Å². The Labute approximate surface area is 134 Å². The second-order valence-corrected chi connectivity index (χ2v) is 6.51. The maximum Gasteiger partial charge on any atom is 0.0439 e. The zero-order chi connectivity index (χ0) is 14.6. The predicted molar refractivity (Wildman–Crippen MR) is 92.0 cm³/mol. The van der Waals surface area contributed by atoms with E-state index in [9.17, 15) is 0 Å². The fourth-order valence-electron chi connectivity index (χ4n) is 2.54. The van der Waals surface area contributed by atoms with Crippen LogP contribution in [0.25, 0.3) is 0 Å². The average molecular weight is 315 g/mol. The molecule has 1 aromatic carbocycles. The van der Waals surface area contributed by atoms with Crippen LogP contribution in [-0.2, 0) is 6.42 Å². The van der Waals surface area contributed by atoms with E-state index in [0.29, 0.717) is 0 Å². The minimum absolute atomic E-state index is 0.788. The molecule has 0 radical (unpaired) electrons. The Kier molecular flexibility index (Phi) is 10.2.